The minimum Gasteiger partial charge on any atom is -0.495 e. The number of methoxy groups -OCH3 is 1. The van der Waals surface area contributed by atoms with E-state index in [4.69, 9.17) is 9.84 Å². The summed E-state index contributed by atoms with van der Waals surface area (Å²) in [4.78, 5) is 0.177. The SMILES string of the molecule is COc1ccc(S(=O)(=O)NC2CC2C)cc1C#CCCO. The maximum Gasteiger partial charge on any atom is 0.240 e. The maximum absolute atomic E-state index is 12.3. The lowest BCUT2D eigenvalue weighted by atomic mass is 10.2. The average Bonchev–Trinajstić information content (AvgIpc) is 3.13. The largest absolute Gasteiger partial charge is 0.495 e. The van der Waals surface area contributed by atoms with Gasteiger partial charge < -0.3 is 9.84 Å². The van der Waals surface area contributed by atoms with E-state index in [0.717, 1.165) is 6.42 Å². The molecule has 1 aromatic rings. The molecule has 0 aliphatic heterocycles. The highest BCUT2D eigenvalue weighted by atomic mass is 32.2. The summed E-state index contributed by atoms with van der Waals surface area (Å²) in [6.45, 7) is 1.97. The number of hydrogen-bond donors (Lipinski definition) is 2. The van der Waals surface area contributed by atoms with Gasteiger partial charge in [0.1, 0.15) is 5.75 Å². The zero-order chi connectivity index (χ0) is 15.5. The second-order valence-electron chi connectivity index (χ2n) is 5.08. The predicted octanol–water partition coefficient (Wildman–Crippen LogP) is 1.12. The molecule has 2 atom stereocenters. The monoisotopic (exact) mass is 309 g/mol. The van der Waals surface area contributed by atoms with E-state index < -0.39 is 10.0 Å². The van der Waals surface area contributed by atoms with E-state index in [1.807, 2.05) is 6.92 Å². The molecule has 2 unspecified atom stereocenters. The molecule has 0 bridgehead atoms. The molecule has 0 aromatic heterocycles. The summed E-state index contributed by atoms with van der Waals surface area (Å²) in [5, 5.41) is 8.75. The first-order valence-corrected chi connectivity index (χ1v) is 8.26. The van der Waals surface area contributed by atoms with Gasteiger partial charge in [-0.1, -0.05) is 18.8 Å². The first kappa shape index (κ1) is 15.8. The van der Waals surface area contributed by atoms with Gasteiger partial charge in [-0.2, -0.15) is 0 Å². The second-order valence-corrected chi connectivity index (χ2v) is 6.79. The molecule has 0 saturated heterocycles. The van der Waals surface area contributed by atoms with Crippen molar-refractivity contribution in [2.24, 2.45) is 5.92 Å². The molecule has 1 aliphatic rings. The van der Waals surface area contributed by atoms with Gasteiger partial charge in [0.2, 0.25) is 10.0 Å². The molecule has 5 nitrogen and oxygen atoms in total. The molecule has 1 fully saturated rings. The Morgan fingerprint density at radius 3 is 2.76 bits per heavy atom. The molecule has 1 saturated carbocycles. The second kappa shape index (κ2) is 6.48. The fraction of sp³-hybridized carbons (Fsp3) is 0.467. The highest BCUT2D eigenvalue weighted by Gasteiger charge is 2.36. The molecule has 0 amide bonds. The van der Waals surface area contributed by atoms with Gasteiger partial charge in [-0.3, -0.25) is 0 Å². The molecule has 21 heavy (non-hydrogen) atoms. The van der Waals surface area contributed by atoms with E-state index >= 15 is 0 Å². The number of hydrogen-bond acceptors (Lipinski definition) is 4. The summed E-state index contributed by atoms with van der Waals surface area (Å²) < 4.78 is 32.4. The van der Waals surface area contributed by atoms with Crippen LogP contribution in [0.3, 0.4) is 0 Å². The molecular weight excluding hydrogens is 290 g/mol. The van der Waals surface area contributed by atoms with Crippen molar-refractivity contribution in [2.45, 2.75) is 30.7 Å². The van der Waals surface area contributed by atoms with Crippen LogP contribution in [0.15, 0.2) is 23.1 Å². The number of benzene rings is 1. The van der Waals surface area contributed by atoms with Crippen molar-refractivity contribution in [3.63, 3.8) is 0 Å². The Hall–Kier alpha value is -1.55. The third-order valence-corrected chi connectivity index (χ3v) is 4.84. The summed E-state index contributed by atoms with van der Waals surface area (Å²) in [6, 6.07) is 4.62. The van der Waals surface area contributed by atoms with E-state index in [2.05, 4.69) is 16.6 Å². The topological polar surface area (TPSA) is 75.6 Å². The Bertz CT molecular complexity index is 673. The number of sulfonamides is 1. The molecule has 6 heteroatoms. The summed E-state index contributed by atoms with van der Waals surface area (Å²) in [5.41, 5.74) is 0.498. The molecule has 1 aromatic carbocycles. The van der Waals surface area contributed by atoms with Crippen LogP contribution in [0.1, 0.15) is 25.3 Å². The van der Waals surface area contributed by atoms with Crippen LogP contribution in [0.4, 0.5) is 0 Å². The number of aliphatic hydroxyl groups excluding tert-OH is 1. The van der Waals surface area contributed by atoms with Crippen LogP contribution >= 0.6 is 0 Å². The van der Waals surface area contributed by atoms with E-state index in [1.165, 1.54) is 19.2 Å². The first-order chi connectivity index (χ1) is 9.97. The Labute approximate surface area is 125 Å². The van der Waals surface area contributed by atoms with Gasteiger partial charge in [-0.05, 0) is 30.5 Å². The van der Waals surface area contributed by atoms with Crippen LogP contribution in [-0.2, 0) is 10.0 Å². The van der Waals surface area contributed by atoms with Gasteiger partial charge in [0.05, 0.1) is 24.2 Å². The zero-order valence-corrected chi connectivity index (χ0v) is 12.9. The Morgan fingerprint density at radius 2 is 2.19 bits per heavy atom. The minimum atomic E-state index is -3.53. The highest BCUT2D eigenvalue weighted by Crippen LogP contribution is 2.31. The van der Waals surface area contributed by atoms with Crippen LogP contribution in [0.2, 0.25) is 0 Å². The number of ether oxygens (including phenoxy) is 1. The van der Waals surface area contributed by atoms with Crippen molar-refractivity contribution >= 4 is 10.0 Å². The van der Waals surface area contributed by atoms with Crippen LogP contribution in [0.25, 0.3) is 0 Å². The molecule has 0 heterocycles. The Morgan fingerprint density at radius 1 is 1.48 bits per heavy atom. The van der Waals surface area contributed by atoms with Crippen molar-refractivity contribution in [3.05, 3.63) is 23.8 Å². The van der Waals surface area contributed by atoms with E-state index in [0.29, 0.717) is 23.7 Å². The van der Waals surface area contributed by atoms with Gasteiger partial charge in [0, 0.05) is 12.5 Å². The molecule has 0 spiro atoms. The lowest BCUT2D eigenvalue weighted by molar-refractivity contribution is 0.305. The van der Waals surface area contributed by atoms with Gasteiger partial charge >= 0.3 is 0 Å². The maximum atomic E-state index is 12.3. The third kappa shape index (κ3) is 3.97. The number of nitrogens with one attached hydrogen (secondary N) is 1. The van der Waals surface area contributed by atoms with Crippen LogP contribution in [0, 0.1) is 17.8 Å². The smallest absolute Gasteiger partial charge is 0.240 e. The van der Waals surface area contributed by atoms with Gasteiger partial charge in [0.25, 0.3) is 0 Å². The fourth-order valence-corrected chi connectivity index (χ4v) is 3.30. The standard InChI is InChI=1S/C15H19NO4S/c1-11-9-14(11)16-21(18,19)13-6-7-15(20-2)12(10-13)5-3-4-8-17/h6-7,10-11,14,16-17H,4,8-9H2,1-2H3. The van der Waals surface area contributed by atoms with Gasteiger partial charge in [-0.25, -0.2) is 13.1 Å². The number of rotatable bonds is 5. The van der Waals surface area contributed by atoms with Crippen molar-refractivity contribution in [1.82, 2.24) is 4.72 Å². The summed E-state index contributed by atoms with van der Waals surface area (Å²) in [6.07, 6.45) is 1.20. The highest BCUT2D eigenvalue weighted by molar-refractivity contribution is 7.89. The fourth-order valence-electron chi connectivity index (χ4n) is 1.92. The molecule has 2 N–H and O–H groups in total. The molecule has 2 rings (SSSR count). The van der Waals surface area contributed by atoms with Crippen molar-refractivity contribution in [3.8, 4) is 17.6 Å². The number of aliphatic hydroxyl groups is 1. The summed E-state index contributed by atoms with van der Waals surface area (Å²) >= 11 is 0. The van der Waals surface area contributed by atoms with Crippen molar-refractivity contribution < 1.29 is 18.3 Å². The predicted molar refractivity (Wildman–Crippen MR) is 79.5 cm³/mol. The first-order valence-electron chi connectivity index (χ1n) is 6.78. The summed E-state index contributed by atoms with van der Waals surface area (Å²) in [5.74, 6) is 6.50. The molecular formula is C15H19NO4S. The van der Waals surface area contributed by atoms with Crippen LogP contribution < -0.4 is 9.46 Å². The zero-order valence-electron chi connectivity index (χ0n) is 12.1. The lowest BCUT2D eigenvalue weighted by Crippen LogP contribution is -2.26. The van der Waals surface area contributed by atoms with Gasteiger partial charge in [-0.15, -0.1) is 0 Å². The Kier molecular flexibility index (Phi) is 4.88. The van der Waals surface area contributed by atoms with E-state index in [9.17, 15) is 8.42 Å². The Balaban J connectivity index is 2.28. The van der Waals surface area contributed by atoms with Gasteiger partial charge in [0.15, 0.2) is 0 Å². The minimum absolute atomic E-state index is 0.0287. The third-order valence-electron chi connectivity index (χ3n) is 3.36. The van der Waals surface area contributed by atoms with E-state index in [1.54, 1.807) is 6.07 Å². The normalized spacial score (nSPS) is 20.5. The van der Waals surface area contributed by atoms with Crippen molar-refractivity contribution in [1.29, 1.82) is 0 Å². The van der Waals surface area contributed by atoms with Crippen LogP contribution in [0.5, 0.6) is 5.75 Å². The molecule has 0 radical (unpaired) electrons. The van der Waals surface area contributed by atoms with Crippen molar-refractivity contribution in [2.75, 3.05) is 13.7 Å². The average molecular weight is 309 g/mol. The quantitative estimate of drug-likeness (QED) is 0.799. The van der Waals surface area contributed by atoms with E-state index in [-0.39, 0.29) is 17.5 Å². The summed E-state index contributed by atoms with van der Waals surface area (Å²) in [7, 11) is -2.03. The lowest BCUT2D eigenvalue weighted by Gasteiger charge is -2.09. The molecule has 114 valence electrons. The van der Waals surface area contributed by atoms with Crippen LogP contribution in [-0.4, -0.2) is 33.3 Å². The molecule has 1 aliphatic carbocycles.